The standard InChI is InChI=1S/C31H47N5O6/c1-7-41-27(38)25(22-16-12-9-13-17-22)36-19-24(32-20-36)34-26(37)23(18-21-14-10-8-11-15-21)33-28(39)31(5,6)35-29(40)42-30(2,3)4/h9,12-13,16-17,19-21,23,25,28,33,39H,7-8,10-11,14-15,18H2,1-6H3,(H,34,37)(H,35,40)/t23-,25?,28?/m1/s1. The Morgan fingerprint density at radius 3 is 2.36 bits per heavy atom. The molecule has 0 saturated heterocycles. The molecule has 11 heteroatoms. The highest BCUT2D eigenvalue weighted by molar-refractivity contribution is 5.94. The number of benzene rings is 1. The SMILES string of the molecule is CCOC(=O)C(c1ccccc1)n1cnc(NC(=O)[C@@H](CC2CCCCC2)NC(O)C(C)(C)NC(=O)OC(C)(C)C)c1. The number of aromatic nitrogens is 2. The molecule has 0 radical (unpaired) electrons. The highest BCUT2D eigenvalue weighted by Crippen LogP contribution is 2.28. The molecule has 3 rings (SSSR count). The van der Waals surface area contributed by atoms with E-state index in [0.29, 0.717) is 12.3 Å². The molecule has 0 spiro atoms. The predicted octanol–water partition coefficient (Wildman–Crippen LogP) is 4.52. The van der Waals surface area contributed by atoms with Crippen LogP contribution in [0.2, 0.25) is 0 Å². The number of imidazole rings is 1. The number of hydrogen-bond donors (Lipinski definition) is 4. The molecule has 2 amide bonds. The number of aliphatic hydroxyl groups is 1. The summed E-state index contributed by atoms with van der Waals surface area (Å²) in [5.74, 6) is -0.217. The fraction of sp³-hybridized carbons (Fsp3) is 0.613. The molecular formula is C31H47N5O6. The van der Waals surface area contributed by atoms with Crippen molar-refractivity contribution < 1.29 is 29.0 Å². The molecule has 1 aliphatic rings. The number of aliphatic hydroxyl groups excluding tert-OH is 1. The fourth-order valence-corrected chi connectivity index (χ4v) is 5.08. The number of esters is 1. The van der Waals surface area contributed by atoms with Crippen LogP contribution in [0.25, 0.3) is 0 Å². The molecule has 3 atom stereocenters. The lowest BCUT2D eigenvalue weighted by Crippen LogP contribution is -2.61. The minimum Gasteiger partial charge on any atom is -0.464 e. The number of nitrogens with zero attached hydrogens (tertiary/aromatic N) is 2. The fourth-order valence-electron chi connectivity index (χ4n) is 5.08. The van der Waals surface area contributed by atoms with E-state index in [1.165, 1.54) is 12.7 Å². The van der Waals surface area contributed by atoms with Gasteiger partial charge in [0.2, 0.25) is 5.91 Å². The number of carbonyl (C=O) groups is 3. The van der Waals surface area contributed by atoms with Crippen LogP contribution >= 0.6 is 0 Å². The normalized spacial score (nSPS) is 16.6. The van der Waals surface area contributed by atoms with Gasteiger partial charge in [-0.1, -0.05) is 62.4 Å². The summed E-state index contributed by atoms with van der Waals surface area (Å²) in [5.41, 5.74) is -1.11. The van der Waals surface area contributed by atoms with E-state index in [0.717, 1.165) is 31.2 Å². The molecule has 1 aromatic heterocycles. The topological polar surface area (TPSA) is 144 Å². The van der Waals surface area contributed by atoms with Gasteiger partial charge in [-0.25, -0.2) is 14.6 Å². The summed E-state index contributed by atoms with van der Waals surface area (Å²) in [6, 6.07) is 7.69. The van der Waals surface area contributed by atoms with Crippen LogP contribution in [0.4, 0.5) is 10.6 Å². The summed E-state index contributed by atoms with van der Waals surface area (Å²) in [6.45, 7) is 10.6. The van der Waals surface area contributed by atoms with E-state index >= 15 is 0 Å². The van der Waals surface area contributed by atoms with Gasteiger partial charge < -0.3 is 29.8 Å². The van der Waals surface area contributed by atoms with Crippen LogP contribution in [0.3, 0.4) is 0 Å². The van der Waals surface area contributed by atoms with Crippen molar-refractivity contribution in [3.8, 4) is 0 Å². The van der Waals surface area contributed by atoms with Crippen LogP contribution in [0.5, 0.6) is 0 Å². The highest BCUT2D eigenvalue weighted by atomic mass is 16.6. The van der Waals surface area contributed by atoms with Gasteiger partial charge in [0, 0.05) is 6.20 Å². The molecule has 1 heterocycles. The number of nitrogens with one attached hydrogen (secondary N) is 3. The van der Waals surface area contributed by atoms with Crippen molar-refractivity contribution in [2.24, 2.45) is 5.92 Å². The maximum atomic E-state index is 13.6. The van der Waals surface area contributed by atoms with Gasteiger partial charge in [0.1, 0.15) is 11.8 Å². The monoisotopic (exact) mass is 585 g/mol. The molecule has 11 nitrogen and oxygen atoms in total. The second-order valence-electron chi connectivity index (χ2n) is 12.5. The second-order valence-corrected chi connectivity index (χ2v) is 12.5. The van der Waals surface area contributed by atoms with Crippen molar-refractivity contribution in [2.45, 2.75) is 110 Å². The van der Waals surface area contributed by atoms with Gasteiger partial charge in [-0.2, -0.15) is 0 Å². The molecule has 0 aliphatic heterocycles. The first-order chi connectivity index (χ1) is 19.8. The van der Waals surface area contributed by atoms with E-state index in [2.05, 4.69) is 20.9 Å². The Bertz CT molecular complexity index is 1170. The van der Waals surface area contributed by atoms with E-state index < -0.39 is 41.5 Å². The number of rotatable bonds is 12. The van der Waals surface area contributed by atoms with Gasteiger partial charge in [-0.15, -0.1) is 0 Å². The van der Waals surface area contributed by atoms with Crippen LogP contribution in [-0.2, 0) is 19.1 Å². The average Bonchev–Trinajstić information content (AvgIpc) is 3.35. The van der Waals surface area contributed by atoms with Gasteiger partial charge in [0.25, 0.3) is 0 Å². The van der Waals surface area contributed by atoms with Gasteiger partial charge in [-0.3, -0.25) is 10.1 Å². The summed E-state index contributed by atoms with van der Waals surface area (Å²) in [7, 11) is 0. The number of amides is 2. The molecule has 232 valence electrons. The van der Waals surface area contributed by atoms with Crippen LogP contribution in [0.1, 0.15) is 91.7 Å². The van der Waals surface area contributed by atoms with Crippen molar-refractivity contribution in [1.82, 2.24) is 20.2 Å². The quantitative estimate of drug-likeness (QED) is 0.210. The van der Waals surface area contributed by atoms with Crippen molar-refractivity contribution in [2.75, 3.05) is 11.9 Å². The van der Waals surface area contributed by atoms with Crippen LogP contribution < -0.4 is 16.0 Å². The van der Waals surface area contributed by atoms with Crippen LogP contribution in [0, 0.1) is 5.92 Å². The molecule has 2 unspecified atom stereocenters. The van der Waals surface area contributed by atoms with E-state index in [1.807, 2.05) is 30.3 Å². The third kappa shape index (κ3) is 9.84. The number of anilines is 1. The third-order valence-corrected chi connectivity index (χ3v) is 7.25. The molecule has 42 heavy (non-hydrogen) atoms. The van der Waals surface area contributed by atoms with Gasteiger partial charge in [0.05, 0.1) is 24.5 Å². The minimum atomic E-state index is -1.26. The molecule has 1 aromatic carbocycles. The molecule has 1 aliphatic carbocycles. The molecular weight excluding hydrogens is 538 g/mol. The summed E-state index contributed by atoms with van der Waals surface area (Å²) in [5, 5.41) is 19.7. The Balaban J connectivity index is 1.77. The number of carbonyl (C=O) groups excluding carboxylic acids is 3. The maximum absolute atomic E-state index is 13.6. The van der Waals surface area contributed by atoms with Crippen molar-refractivity contribution >= 4 is 23.8 Å². The molecule has 2 aromatic rings. The predicted molar refractivity (Wildman–Crippen MR) is 160 cm³/mol. The van der Waals surface area contributed by atoms with Crippen molar-refractivity contribution in [3.05, 3.63) is 48.4 Å². The zero-order valence-electron chi connectivity index (χ0n) is 25.7. The lowest BCUT2D eigenvalue weighted by atomic mass is 9.84. The Kier molecular flexibility index (Phi) is 11.5. The van der Waals surface area contributed by atoms with E-state index in [4.69, 9.17) is 9.47 Å². The summed E-state index contributed by atoms with van der Waals surface area (Å²) in [6.07, 6.45) is 7.07. The van der Waals surface area contributed by atoms with Crippen molar-refractivity contribution in [1.29, 1.82) is 0 Å². The molecule has 0 bridgehead atoms. The zero-order chi connectivity index (χ0) is 30.9. The lowest BCUT2D eigenvalue weighted by Gasteiger charge is -2.36. The second kappa shape index (κ2) is 14.6. The van der Waals surface area contributed by atoms with Crippen molar-refractivity contribution in [3.63, 3.8) is 0 Å². The number of hydrogen-bond acceptors (Lipinski definition) is 8. The van der Waals surface area contributed by atoms with Gasteiger partial charge >= 0.3 is 12.1 Å². The first-order valence-corrected chi connectivity index (χ1v) is 14.8. The molecule has 1 fully saturated rings. The van der Waals surface area contributed by atoms with E-state index in [-0.39, 0.29) is 18.3 Å². The van der Waals surface area contributed by atoms with Gasteiger partial charge in [-0.05, 0) is 59.4 Å². The minimum absolute atomic E-state index is 0.233. The Morgan fingerprint density at radius 1 is 1.07 bits per heavy atom. The lowest BCUT2D eigenvalue weighted by molar-refractivity contribution is -0.145. The van der Waals surface area contributed by atoms with E-state index in [1.54, 1.807) is 52.3 Å². The highest BCUT2D eigenvalue weighted by Gasteiger charge is 2.36. The largest absolute Gasteiger partial charge is 0.464 e. The van der Waals surface area contributed by atoms with Crippen LogP contribution in [-0.4, -0.2) is 62.6 Å². The Morgan fingerprint density at radius 2 is 1.74 bits per heavy atom. The van der Waals surface area contributed by atoms with E-state index in [9.17, 15) is 19.5 Å². The first kappa shape index (κ1) is 33.1. The molecule has 1 saturated carbocycles. The smallest absolute Gasteiger partial charge is 0.408 e. The zero-order valence-corrected chi connectivity index (χ0v) is 25.7. The van der Waals surface area contributed by atoms with Crippen LogP contribution in [0.15, 0.2) is 42.9 Å². The summed E-state index contributed by atoms with van der Waals surface area (Å²) < 4.78 is 12.3. The average molecular weight is 586 g/mol. The first-order valence-electron chi connectivity index (χ1n) is 14.8. The third-order valence-electron chi connectivity index (χ3n) is 7.25. The number of alkyl carbamates (subject to hydrolysis) is 1. The molecule has 4 N–H and O–H groups in total. The van der Waals surface area contributed by atoms with Gasteiger partial charge in [0.15, 0.2) is 11.9 Å². The Labute approximate surface area is 248 Å². The number of ether oxygens (including phenoxy) is 2. The Hall–Kier alpha value is -3.44. The summed E-state index contributed by atoms with van der Waals surface area (Å²) >= 11 is 0. The maximum Gasteiger partial charge on any atom is 0.408 e. The summed E-state index contributed by atoms with van der Waals surface area (Å²) in [4.78, 5) is 43.2.